The van der Waals surface area contributed by atoms with E-state index >= 15 is 0 Å². The van der Waals surface area contributed by atoms with Crippen molar-refractivity contribution in [2.75, 3.05) is 27.2 Å². The number of unbranched alkanes of at least 4 members (excludes halogenated alkanes) is 1. The lowest BCUT2D eigenvalue weighted by molar-refractivity contribution is -0.170. The first-order valence-corrected chi connectivity index (χ1v) is 14.6. The lowest BCUT2D eigenvalue weighted by Gasteiger charge is -2.25. The van der Waals surface area contributed by atoms with Crippen LogP contribution in [0.15, 0.2) is 54.6 Å². The molecular formula is C33H51N3O4. The minimum absolute atomic E-state index is 0.0380. The molecule has 0 aliphatic rings. The van der Waals surface area contributed by atoms with Crippen molar-refractivity contribution in [3.05, 3.63) is 71.3 Å². The van der Waals surface area contributed by atoms with Crippen LogP contribution >= 0.6 is 0 Å². The van der Waals surface area contributed by atoms with E-state index in [-0.39, 0.29) is 36.6 Å². The number of benzene rings is 2. The number of amides is 3. The lowest BCUT2D eigenvalue weighted by atomic mass is 9.93. The number of rotatable bonds is 15. The highest BCUT2D eigenvalue weighted by molar-refractivity contribution is 5.88. The van der Waals surface area contributed by atoms with E-state index in [1.807, 2.05) is 49.1 Å². The van der Waals surface area contributed by atoms with Crippen molar-refractivity contribution >= 4 is 17.7 Å². The summed E-state index contributed by atoms with van der Waals surface area (Å²) in [6.45, 7) is 11.4. The highest BCUT2D eigenvalue weighted by Crippen LogP contribution is 2.18. The summed E-state index contributed by atoms with van der Waals surface area (Å²) in [7, 11) is 2.94. The molecule has 1 atom stereocenters. The largest absolute Gasteiger partial charge is 0.347 e. The summed E-state index contributed by atoms with van der Waals surface area (Å²) in [4.78, 5) is 45.2. The maximum Gasteiger partial charge on any atom is 0.246 e. The first kappa shape index (κ1) is 34.8. The van der Waals surface area contributed by atoms with Crippen molar-refractivity contribution < 1.29 is 19.2 Å². The zero-order chi connectivity index (χ0) is 29.9. The SMILES string of the molecule is CCC.CCCCN(Cc1cccc(Cc2ccccc2)c1)C(=O)CNC(=O)C(CC(=O)N(C)OC)CC(C)C. The molecule has 0 saturated carbocycles. The van der Waals surface area contributed by atoms with Crippen LogP contribution in [0, 0.1) is 11.8 Å². The van der Waals surface area contributed by atoms with Gasteiger partial charge < -0.3 is 10.2 Å². The van der Waals surface area contributed by atoms with Crippen LogP contribution in [0.4, 0.5) is 0 Å². The van der Waals surface area contributed by atoms with Gasteiger partial charge in [-0.3, -0.25) is 19.2 Å². The molecule has 0 radical (unpaired) electrons. The average molecular weight is 554 g/mol. The molecule has 7 heteroatoms. The van der Waals surface area contributed by atoms with Gasteiger partial charge in [-0.15, -0.1) is 0 Å². The van der Waals surface area contributed by atoms with Gasteiger partial charge in [0.25, 0.3) is 0 Å². The van der Waals surface area contributed by atoms with Crippen LogP contribution in [0.25, 0.3) is 0 Å². The molecule has 0 aliphatic carbocycles. The van der Waals surface area contributed by atoms with Crippen LogP contribution in [0.3, 0.4) is 0 Å². The molecule has 222 valence electrons. The third-order valence-corrected chi connectivity index (χ3v) is 6.34. The Morgan fingerprint density at radius 1 is 0.900 bits per heavy atom. The Labute approximate surface area is 242 Å². The molecule has 0 aliphatic heterocycles. The molecule has 1 N–H and O–H groups in total. The lowest BCUT2D eigenvalue weighted by Crippen LogP contribution is -2.43. The van der Waals surface area contributed by atoms with Crippen LogP contribution in [0.1, 0.15) is 83.4 Å². The molecule has 0 aromatic heterocycles. The summed E-state index contributed by atoms with van der Waals surface area (Å²) in [6, 6.07) is 18.6. The molecule has 1 unspecified atom stereocenters. The van der Waals surface area contributed by atoms with Crippen LogP contribution in [0.5, 0.6) is 0 Å². The Bertz CT molecular complexity index is 1010. The van der Waals surface area contributed by atoms with Crippen LogP contribution in [-0.4, -0.2) is 54.9 Å². The van der Waals surface area contributed by atoms with E-state index in [1.165, 1.54) is 31.7 Å². The van der Waals surface area contributed by atoms with E-state index < -0.39 is 5.92 Å². The normalized spacial score (nSPS) is 11.3. The number of nitrogens with one attached hydrogen (secondary N) is 1. The summed E-state index contributed by atoms with van der Waals surface area (Å²) in [5, 5.41) is 3.92. The number of hydrogen-bond acceptors (Lipinski definition) is 4. The minimum atomic E-state index is -0.517. The highest BCUT2D eigenvalue weighted by atomic mass is 16.7. The smallest absolute Gasteiger partial charge is 0.246 e. The fourth-order valence-electron chi connectivity index (χ4n) is 4.24. The van der Waals surface area contributed by atoms with Crippen molar-refractivity contribution in [1.82, 2.24) is 15.3 Å². The molecule has 2 rings (SSSR count). The maximum atomic E-state index is 13.2. The van der Waals surface area contributed by atoms with Gasteiger partial charge in [-0.05, 0) is 41.9 Å². The van der Waals surface area contributed by atoms with Gasteiger partial charge in [0.05, 0.1) is 13.7 Å². The summed E-state index contributed by atoms with van der Waals surface area (Å²) in [6.07, 6.45) is 4.53. The molecule has 7 nitrogen and oxygen atoms in total. The Kier molecular flexibility index (Phi) is 17.2. The van der Waals surface area contributed by atoms with Crippen LogP contribution in [0.2, 0.25) is 0 Å². The Hall–Kier alpha value is -3.19. The van der Waals surface area contributed by atoms with Crippen molar-refractivity contribution in [1.29, 1.82) is 0 Å². The van der Waals surface area contributed by atoms with E-state index in [0.717, 1.165) is 29.9 Å². The Morgan fingerprint density at radius 3 is 2.12 bits per heavy atom. The first-order chi connectivity index (χ1) is 19.1. The zero-order valence-electron chi connectivity index (χ0n) is 25.7. The summed E-state index contributed by atoms with van der Waals surface area (Å²) < 4.78 is 0. The quantitative estimate of drug-likeness (QED) is 0.274. The van der Waals surface area contributed by atoms with Crippen LogP contribution < -0.4 is 5.32 Å². The van der Waals surface area contributed by atoms with E-state index in [9.17, 15) is 14.4 Å². The van der Waals surface area contributed by atoms with E-state index in [2.05, 4.69) is 50.4 Å². The number of carbonyl (C=O) groups excluding carboxylic acids is 3. The van der Waals surface area contributed by atoms with Crippen LogP contribution in [-0.2, 0) is 32.2 Å². The highest BCUT2D eigenvalue weighted by Gasteiger charge is 2.26. The number of carbonyl (C=O) groups is 3. The monoisotopic (exact) mass is 553 g/mol. The third kappa shape index (κ3) is 13.7. The van der Waals surface area contributed by atoms with Gasteiger partial charge in [0.2, 0.25) is 17.7 Å². The fourth-order valence-corrected chi connectivity index (χ4v) is 4.24. The first-order valence-electron chi connectivity index (χ1n) is 14.6. The molecule has 3 amide bonds. The van der Waals surface area contributed by atoms with Gasteiger partial charge in [0.1, 0.15) is 0 Å². The maximum absolute atomic E-state index is 13.2. The molecular weight excluding hydrogens is 502 g/mol. The summed E-state index contributed by atoms with van der Waals surface area (Å²) >= 11 is 0. The predicted molar refractivity (Wildman–Crippen MR) is 162 cm³/mol. The Balaban J connectivity index is 0.00000254. The molecule has 2 aromatic rings. The third-order valence-electron chi connectivity index (χ3n) is 6.34. The molecule has 0 saturated heterocycles. The number of nitrogens with zero attached hydrogens (tertiary/aromatic N) is 2. The second-order valence-corrected chi connectivity index (χ2v) is 10.7. The van der Waals surface area contributed by atoms with Gasteiger partial charge in [-0.25, -0.2) is 5.06 Å². The standard InChI is InChI=1S/C30H43N3O4.C3H8/c1-6-7-16-33(22-26-15-11-14-25(19-26)18-24-12-9-8-10-13-24)29(35)21-31-30(36)27(17-23(2)3)20-28(34)32(4)37-5;1-3-2/h8-15,19,23,27H,6-7,16-18,20-22H2,1-5H3,(H,31,36);3H2,1-2H3. The van der Waals surface area contributed by atoms with Gasteiger partial charge in [0, 0.05) is 32.5 Å². The topological polar surface area (TPSA) is 79.0 Å². The van der Waals surface area contributed by atoms with E-state index in [0.29, 0.717) is 19.5 Å². The molecule has 2 aromatic carbocycles. The van der Waals surface area contributed by atoms with E-state index in [4.69, 9.17) is 4.84 Å². The molecule has 40 heavy (non-hydrogen) atoms. The Morgan fingerprint density at radius 2 is 1.52 bits per heavy atom. The summed E-state index contributed by atoms with van der Waals surface area (Å²) in [5.41, 5.74) is 3.50. The molecule has 0 heterocycles. The second kappa shape index (κ2) is 19.8. The molecule has 0 fully saturated rings. The minimum Gasteiger partial charge on any atom is -0.347 e. The van der Waals surface area contributed by atoms with Gasteiger partial charge in [0.15, 0.2) is 0 Å². The van der Waals surface area contributed by atoms with Gasteiger partial charge >= 0.3 is 0 Å². The van der Waals surface area contributed by atoms with Crippen molar-refractivity contribution in [2.24, 2.45) is 11.8 Å². The van der Waals surface area contributed by atoms with E-state index in [1.54, 1.807) is 0 Å². The zero-order valence-corrected chi connectivity index (χ0v) is 25.7. The van der Waals surface area contributed by atoms with Gasteiger partial charge in [-0.2, -0.15) is 0 Å². The fraction of sp³-hybridized carbons (Fsp3) is 0.545. The van der Waals surface area contributed by atoms with Gasteiger partial charge in [-0.1, -0.05) is 102 Å². The predicted octanol–water partition coefficient (Wildman–Crippen LogP) is 6.01. The molecule has 0 bridgehead atoms. The van der Waals surface area contributed by atoms with Crippen molar-refractivity contribution in [3.8, 4) is 0 Å². The number of hydroxylamine groups is 2. The summed E-state index contributed by atoms with van der Waals surface area (Å²) in [5.74, 6) is -0.957. The number of hydrogen-bond donors (Lipinski definition) is 1. The molecule has 0 spiro atoms. The second-order valence-electron chi connectivity index (χ2n) is 10.7. The average Bonchev–Trinajstić information content (AvgIpc) is 2.93. The van der Waals surface area contributed by atoms with Crippen molar-refractivity contribution in [2.45, 2.75) is 79.7 Å². The van der Waals surface area contributed by atoms with Crippen molar-refractivity contribution in [3.63, 3.8) is 0 Å².